The first-order valence-corrected chi connectivity index (χ1v) is 9.73. The Bertz CT molecular complexity index is 664. The maximum atomic E-state index is 12.3. The van der Waals surface area contributed by atoms with Gasteiger partial charge in [-0.15, -0.1) is 0 Å². The standard InChI is InChI=1S/C21H29NO7/c1-16-12-18(21(25)26-2)8-9-22(16)19(23)14-27-10-11-28-15-20(24)29-13-17-6-4-3-5-7-17/h3-7,16,18H,8-15H2,1-2H3. The smallest absolute Gasteiger partial charge is 0.332 e. The van der Waals surface area contributed by atoms with Crippen molar-refractivity contribution in [2.24, 2.45) is 5.92 Å². The van der Waals surface area contributed by atoms with E-state index in [2.05, 4.69) is 0 Å². The molecule has 8 heteroatoms. The Balaban J connectivity index is 1.53. The van der Waals surface area contributed by atoms with Gasteiger partial charge in [0.1, 0.15) is 19.8 Å². The van der Waals surface area contributed by atoms with Crippen molar-refractivity contribution >= 4 is 17.8 Å². The van der Waals surface area contributed by atoms with Crippen LogP contribution < -0.4 is 0 Å². The fraction of sp³-hybridized carbons (Fsp3) is 0.571. The molecule has 2 atom stereocenters. The fourth-order valence-electron chi connectivity index (χ4n) is 3.22. The van der Waals surface area contributed by atoms with Gasteiger partial charge in [0.05, 0.1) is 26.2 Å². The van der Waals surface area contributed by atoms with Crippen LogP contribution in [-0.4, -0.2) is 68.9 Å². The van der Waals surface area contributed by atoms with E-state index in [0.717, 1.165) is 5.56 Å². The summed E-state index contributed by atoms with van der Waals surface area (Å²) in [5.41, 5.74) is 0.910. The Labute approximate surface area is 171 Å². The van der Waals surface area contributed by atoms with E-state index in [9.17, 15) is 14.4 Å². The SMILES string of the molecule is COC(=O)C1CCN(C(=O)COCCOCC(=O)OCc2ccccc2)C(C)C1. The predicted octanol–water partition coefficient (Wildman–Crippen LogP) is 1.56. The average molecular weight is 407 g/mol. The summed E-state index contributed by atoms with van der Waals surface area (Å²) in [7, 11) is 1.38. The van der Waals surface area contributed by atoms with Gasteiger partial charge in [0.25, 0.3) is 0 Å². The number of carbonyl (C=O) groups is 3. The molecule has 160 valence electrons. The minimum atomic E-state index is -0.452. The van der Waals surface area contributed by atoms with Gasteiger partial charge in [0.2, 0.25) is 5.91 Å². The van der Waals surface area contributed by atoms with Crippen molar-refractivity contribution in [1.29, 1.82) is 0 Å². The first-order chi connectivity index (χ1) is 14.0. The number of methoxy groups -OCH3 is 1. The second kappa shape index (κ2) is 12.2. The summed E-state index contributed by atoms with van der Waals surface area (Å²) in [5.74, 6) is -0.954. The molecule has 1 saturated heterocycles. The molecule has 29 heavy (non-hydrogen) atoms. The van der Waals surface area contributed by atoms with E-state index in [0.29, 0.717) is 19.4 Å². The van der Waals surface area contributed by atoms with E-state index in [1.165, 1.54) is 7.11 Å². The number of hydrogen-bond acceptors (Lipinski definition) is 7. The van der Waals surface area contributed by atoms with E-state index in [4.69, 9.17) is 18.9 Å². The highest BCUT2D eigenvalue weighted by atomic mass is 16.6. The molecule has 2 rings (SSSR count). The van der Waals surface area contributed by atoms with Gasteiger partial charge in [-0.3, -0.25) is 9.59 Å². The van der Waals surface area contributed by atoms with Gasteiger partial charge in [-0.25, -0.2) is 4.79 Å². The molecule has 0 saturated carbocycles. The van der Waals surface area contributed by atoms with Crippen LogP contribution in [0.15, 0.2) is 30.3 Å². The van der Waals surface area contributed by atoms with Gasteiger partial charge >= 0.3 is 11.9 Å². The van der Waals surface area contributed by atoms with Crippen LogP contribution in [0.3, 0.4) is 0 Å². The number of likely N-dealkylation sites (tertiary alicyclic amines) is 1. The van der Waals surface area contributed by atoms with Crippen molar-refractivity contribution in [1.82, 2.24) is 4.90 Å². The summed E-state index contributed by atoms with van der Waals surface area (Å²) in [5, 5.41) is 0. The predicted molar refractivity (Wildman–Crippen MR) is 104 cm³/mol. The molecule has 8 nitrogen and oxygen atoms in total. The quantitative estimate of drug-likeness (QED) is 0.429. The lowest BCUT2D eigenvalue weighted by Crippen LogP contribution is -2.47. The third kappa shape index (κ3) is 7.83. The highest BCUT2D eigenvalue weighted by Crippen LogP contribution is 2.23. The maximum Gasteiger partial charge on any atom is 0.332 e. The topological polar surface area (TPSA) is 91.4 Å². The van der Waals surface area contributed by atoms with E-state index < -0.39 is 5.97 Å². The van der Waals surface area contributed by atoms with Crippen LogP contribution in [0.5, 0.6) is 0 Å². The zero-order chi connectivity index (χ0) is 21.1. The largest absolute Gasteiger partial charge is 0.469 e. The Hall–Kier alpha value is -2.45. The van der Waals surface area contributed by atoms with Crippen LogP contribution >= 0.6 is 0 Å². The Morgan fingerprint density at radius 3 is 2.41 bits per heavy atom. The molecule has 1 aromatic carbocycles. The molecular formula is C21H29NO7. The van der Waals surface area contributed by atoms with Gasteiger partial charge in [-0.1, -0.05) is 30.3 Å². The summed E-state index contributed by atoms with van der Waals surface area (Å²) in [6.07, 6.45) is 1.18. The van der Waals surface area contributed by atoms with Crippen LogP contribution in [0, 0.1) is 5.92 Å². The summed E-state index contributed by atoms with van der Waals surface area (Å²) in [4.78, 5) is 37.2. The van der Waals surface area contributed by atoms with Crippen LogP contribution in [-0.2, 0) is 39.9 Å². The molecular weight excluding hydrogens is 378 g/mol. The van der Waals surface area contributed by atoms with Crippen LogP contribution in [0.4, 0.5) is 0 Å². The molecule has 0 aromatic heterocycles. The number of esters is 2. The molecule has 1 aromatic rings. The number of rotatable bonds is 10. The first kappa shape index (κ1) is 22.8. The van der Waals surface area contributed by atoms with Crippen LogP contribution in [0.2, 0.25) is 0 Å². The van der Waals surface area contributed by atoms with E-state index >= 15 is 0 Å². The molecule has 2 unspecified atom stereocenters. The normalized spacial score (nSPS) is 18.9. The van der Waals surface area contributed by atoms with Crippen LogP contribution in [0.1, 0.15) is 25.3 Å². The maximum absolute atomic E-state index is 12.3. The third-order valence-corrected chi connectivity index (χ3v) is 4.79. The lowest BCUT2D eigenvalue weighted by Gasteiger charge is -2.36. The molecule has 1 heterocycles. The highest BCUT2D eigenvalue weighted by Gasteiger charge is 2.32. The Morgan fingerprint density at radius 1 is 1.07 bits per heavy atom. The molecule has 1 fully saturated rings. The van der Waals surface area contributed by atoms with Gasteiger partial charge in [0, 0.05) is 12.6 Å². The average Bonchev–Trinajstić information content (AvgIpc) is 2.74. The highest BCUT2D eigenvalue weighted by molar-refractivity contribution is 5.78. The fourth-order valence-corrected chi connectivity index (χ4v) is 3.22. The van der Waals surface area contributed by atoms with Crippen LogP contribution in [0.25, 0.3) is 0 Å². The Kier molecular flexibility index (Phi) is 9.59. The molecule has 0 radical (unpaired) electrons. The molecule has 0 bridgehead atoms. The van der Waals surface area contributed by atoms with Crippen molar-refractivity contribution in [3.63, 3.8) is 0 Å². The number of nitrogens with zero attached hydrogens (tertiary/aromatic N) is 1. The van der Waals surface area contributed by atoms with E-state index in [1.807, 2.05) is 37.3 Å². The lowest BCUT2D eigenvalue weighted by atomic mass is 9.91. The Morgan fingerprint density at radius 2 is 1.76 bits per heavy atom. The van der Waals surface area contributed by atoms with Crippen molar-refractivity contribution < 1.29 is 33.3 Å². The van der Waals surface area contributed by atoms with Crippen molar-refractivity contribution in [2.45, 2.75) is 32.4 Å². The monoisotopic (exact) mass is 407 g/mol. The number of piperidine rings is 1. The molecule has 0 aliphatic carbocycles. The number of amides is 1. The van der Waals surface area contributed by atoms with Crippen molar-refractivity contribution in [3.05, 3.63) is 35.9 Å². The zero-order valence-electron chi connectivity index (χ0n) is 17.0. The minimum absolute atomic E-state index is 0.0421. The minimum Gasteiger partial charge on any atom is -0.469 e. The number of benzene rings is 1. The lowest BCUT2D eigenvalue weighted by molar-refractivity contribution is -0.152. The van der Waals surface area contributed by atoms with E-state index in [-0.39, 0.29) is 56.9 Å². The van der Waals surface area contributed by atoms with Gasteiger partial charge in [-0.05, 0) is 25.3 Å². The zero-order valence-corrected chi connectivity index (χ0v) is 17.0. The molecule has 1 aliphatic rings. The third-order valence-electron chi connectivity index (χ3n) is 4.79. The van der Waals surface area contributed by atoms with Crippen molar-refractivity contribution in [3.8, 4) is 0 Å². The molecule has 0 spiro atoms. The number of ether oxygens (including phenoxy) is 4. The molecule has 1 amide bonds. The van der Waals surface area contributed by atoms with Gasteiger partial charge in [-0.2, -0.15) is 0 Å². The second-order valence-corrected chi connectivity index (χ2v) is 6.93. The molecule has 1 aliphatic heterocycles. The second-order valence-electron chi connectivity index (χ2n) is 6.93. The summed E-state index contributed by atoms with van der Waals surface area (Å²) >= 11 is 0. The van der Waals surface area contributed by atoms with Gasteiger partial charge in [0.15, 0.2) is 0 Å². The summed E-state index contributed by atoms with van der Waals surface area (Å²) < 4.78 is 20.4. The van der Waals surface area contributed by atoms with Crippen molar-refractivity contribution in [2.75, 3.05) is 40.1 Å². The first-order valence-electron chi connectivity index (χ1n) is 9.73. The molecule has 0 N–H and O–H groups in total. The number of carbonyl (C=O) groups excluding carboxylic acids is 3. The number of hydrogen-bond donors (Lipinski definition) is 0. The summed E-state index contributed by atoms with van der Waals surface area (Å²) in [6, 6.07) is 9.35. The van der Waals surface area contributed by atoms with Gasteiger partial charge < -0.3 is 23.8 Å². The van der Waals surface area contributed by atoms with E-state index in [1.54, 1.807) is 4.90 Å². The summed E-state index contributed by atoms with van der Waals surface area (Å²) in [6.45, 7) is 2.79.